The van der Waals surface area contributed by atoms with E-state index in [9.17, 15) is 9.59 Å². The fourth-order valence-corrected chi connectivity index (χ4v) is 1.93. The van der Waals surface area contributed by atoms with Crippen LogP contribution in [0.1, 0.15) is 23.9 Å². The van der Waals surface area contributed by atoms with Crippen LogP contribution in [0.25, 0.3) is 11.0 Å². The van der Waals surface area contributed by atoms with Gasteiger partial charge in [0, 0.05) is 11.9 Å². The normalized spacial score (nSPS) is 10.6. The summed E-state index contributed by atoms with van der Waals surface area (Å²) in [5, 5.41) is 9.65. The van der Waals surface area contributed by atoms with Gasteiger partial charge in [0.1, 0.15) is 12.1 Å². The number of para-hydroxylation sites is 1. The number of carboxylic acid groups (broad SMARTS) is 1. The van der Waals surface area contributed by atoms with Gasteiger partial charge in [-0.2, -0.15) is 0 Å². The Morgan fingerprint density at radius 1 is 1.32 bits per heavy atom. The van der Waals surface area contributed by atoms with Gasteiger partial charge in [0.15, 0.2) is 5.76 Å². The highest BCUT2D eigenvalue weighted by Gasteiger charge is 2.21. The van der Waals surface area contributed by atoms with Crippen molar-refractivity contribution in [3.63, 3.8) is 0 Å². The monoisotopic (exact) mass is 261 g/mol. The average molecular weight is 261 g/mol. The van der Waals surface area contributed by atoms with E-state index < -0.39 is 5.97 Å². The van der Waals surface area contributed by atoms with Gasteiger partial charge >= 0.3 is 5.97 Å². The van der Waals surface area contributed by atoms with Crippen molar-refractivity contribution < 1.29 is 19.1 Å². The molecule has 0 spiro atoms. The summed E-state index contributed by atoms with van der Waals surface area (Å²) in [6, 6.07) is 8.93. The zero-order chi connectivity index (χ0) is 13.8. The summed E-state index contributed by atoms with van der Waals surface area (Å²) in [4.78, 5) is 24.3. The molecule has 5 nitrogen and oxygen atoms in total. The fourth-order valence-electron chi connectivity index (χ4n) is 1.93. The quantitative estimate of drug-likeness (QED) is 0.897. The van der Waals surface area contributed by atoms with Crippen molar-refractivity contribution in [3.05, 3.63) is 36.1 Å². The zero-order valence-corrected chi connectivity index (χ0v) is 10.6. The van der Waals surface area contributed by atoms with Crippen molar-refractivity contribution in [2.24, 2.45) is 0 Å². The predicted molar refractivity (Wildman–Crippen MR) is 70.0 cm³/mol. The summed E-state index contributed by atoms with van der Waals surface area (Å²) in [6.45, 7) is 1.96. The smallest absolute Gasteiger partial charge is 0.323 e. The van der Waals surface area contributed by atoms with E-state index in [4.69, 9.17) is 9.52 Å². The summed E-state index contributed by atoms with van der Waals surface area (Å²) in [7, 11) is 0. The van der Waals surface area contributed by atoms with Gasteiger partial charge in [-0.05, 0) is 18.6 Å². The molecule has 0 saturated carbocycles. The van der Waals surface area contributed by atoms with Crippen molar-refractivity contribution in [2.45, 2.75) is 13.3 Å². The maximum Gasteiger partial charge on any atom is 0.323 e. The van der Waals surface area contributed by atoms with Gasteiger partial charge in [0.05, 0.1) is 0 Å². The topological polar surface area (TPSA) is 70.8 Å². The Bertz CT molecular complexity index is 569. The number of amides is 1. The van der Waals surface area contributed by atoms with Crippen LogP contribution in [0, 0.1) is 0 Å². The summed E-state index contributed by atoms with van der Waals surface area (Å²) >= 11 is 0. The lowest BCUT2D eigenvalue weighted by atomic mass is 10.2. The standard InChI is InChI=1S/C14H15NO4/c1-2-7-15(9-13(16)17)14(18)12-8-10-5-3-4-6-11(10)19-12/h3-6,8H,2,7,9H2,1H3,(H,16,17). The number of hydrogen-bond acceptors (Lipinski definition) is 3. The molecule has 19 heavy (non-hydrogen) atoms. The fraction of sp³-hybridized carbons (Fsp3) is 0.286. The lowest BCUT2D eigenvalue weighted by Gasteiger charge is -2.18. The molecule has 0 bridgehead atoms. The highest BCUT2D eigenvalue weighted by Crippen LogP contribution is 2.20. The van der Waals surface area contributed by atoms with Crippen LogP contribution in [0.15, 0.2) is 34.7 Å². The first kappa shape index (κ1) is 13.1. The highest BCUT2D eigenvalue weighted by atomic mass is 16.4. The molecule has 0 radical (unpaired) electrons. The van der Waals surface area contributed by atoms with Crippen LogP contribution in [-0.4, -0.2) is 35.0 Å². The molecule has 0 aliphatic rings. The third-order valence-electron chi connectivity index (χ3n) is 2.74. The molecule has 1 aromatic carbocycles. The molecule has 1 amide bonds. The van der Waals surface area contributed by atoms with E-state index in [1.807, 2.05) is 25.1 Å². The van der Waals surface area contributed by atoms with Crippen LogP contribution < -0.4 is 0 Å². The summed E-state index contributed by atoms with van der Waals surface area (Å²) < 4.78 is 5.45. The largest absolute Gasteiger partial charge is 0.480 e. The Morgan fingerprint density at radius 2 is 2.05 bits per heavy atom. The summed E-state index contributed by atoms with van der Waals surface area (Å²) in [6.07, 6.45) is 0.694. The molecule has 0 fully saturated rings. The van der Waals surface area contributed by atoms with E-state index in [1.54, 1.807) is 12.1 Å². The number of carbonyl (C=O) groups is 2. The van der Waals surface area contributed by atoms with E-state index >= 15 is 0 Å². The predicted octanol–water partition coefficient (Wildman–Crippen LogP) is 2.37. The molecule has 1 aromatic heterocycles. The minimum atomic E-state index is -1.03. The number of furan rings is 1. The summed E-state index contributed by atoms with van der Waals surface area (Å²) in [5.41, 5.74) is 0.623. The molecular weight excluding hydrogens is 246 g/mol. The first-order valence-corrected chi connectivity index (χ1v) is 6.11. The van der Waals surface area contributed by atoms with Gasteiger partial charge in [-0.3, -0.25) is 9.59 Å². The number of rotatable bonds is 5. The van der Waals surface area contributed by atoms with Crippen LogP contribution in [0.3, 0.4) is 0 Å². The Hall–Kier alpha value is -2.30. The molecule has 0 aliphatic heterocycles. The van der Waals surface area contributed by atoms with E-state index in [0.29, 0.717) is 18.5 Å². The molecule has 0 saturated heterocycles. The second-order valence-corrected chi connectivity index (χ2v) is 4.27. The molecule has 1 heterocycles. The van der Waals surface area contributed by atoms with Crippen molar-refractivity contribution >= 4 is 22.8 Å². The Labute approximate surface area is 110 Å². The number of fused-ring (bicyclic) bond motifs is 1. The van der Waals surface area contributed by atoms with Crippen molar-refractivity contribution in [3.8, 4) is 0 Å². The molecule has 5 heteroatoms. The van der Waals surface area contributed by atoms with Crippen LogP contribution in [0.2, 0.25) is 0 Å². The average Bonchev–Trinajstić information content (AvgIpc) is 2.80. The van der Waals surface area contributed by atoms with Crippen molar-refractivity contribution in [2.75, 3.05) is 13.1 Å². The van der Waals surface area contributed by atoms with Gasteiger partial charge in [-0.25, -0.2) is 0 Å². The van der Waals surface area contributed by atoms with Gasteiger partial charge in [-0.15, -0.1) is 0 Å². The number of carboxylic acids is 1. The molecule has 100 valence electrons. The Kier molecular flexibility index (Phi) is 3.85. The van der Waals surface area contributed by atoms with E-state index in [2.05, 4.69) is 0 Å². The lowest BCUT2D eigenvalue weighted by molar-refractivity contribution is -0.137. The van der Waals surface area contributed by atoms with Crippen LogP contribution in [-0.2, 0) is 4.79 Å². The maximum atomic E-state index is 12.2. The lowest BCUT2D eigenvalue weighted by Crippen LogP contribution is -2.36. The third kappa shape index (κ3) is 2.93. The number of benzene rings is 1. The first-order valence-electron chi connectivity index (χ1n) is 6.11. The van der Waals surface area contributed by atoms with E-state index in [-0.39, 0.29) is 18.2 Å². The van der Waals surface area contributed by atoms with Crippen LogP contribution >= 0.6 is 0 Å². The minimum absolute atomic E-state index is 0.177. The second-order valence-electron chi connectivity index (χ2n) is 4.27. The maximum absolute atomic E-state index is 12.2. The Balaban J connectivity index is 2.27. The zero-order valence-electron chi connectivity index (χ0n) is 10.6. The molecule has 0 atom stereocenters. The van der Waals surface area contributed by atoms with Gasteiger partial charge in [-0.1, -0.05) is 25.1 Å². The Morgan fingerprint density at radius 3 is 2.68 bits per heavy atom. The van der Waals surface area contributed by atoms with E-state index in [0.717, 1.165) is 5.39 Å². The molecule has 2 rings (SSSR count). The van der Waals surface area contributed by atoms with Gasteiger partial charge < -0.3 is 14.4 Å². The SMILES string of the molecule is CCCN(CC(=O)O)C(=O)c1cc2ccccc2o1. The number of aliphatic carboxylic acids is 1. The van der Waals surface area contributed by atoms with Crippen LogP contribution in [0.4, 0.5) is 0 Å². The minimum Gasteiger partial charge on any atom is -0.480 e. The third-order valence-corrected chi connectivity index (χ3v) is 2.74. The van der Waals surface area contributed by atoms with E-state index in [1.165, 1.54) is 4.90 Å². The van der Waals surface area contributed by atoms with Crippen molar-refractivity contribution in [1.29, 1.82) is 0 Å². The molecular formula is C14H15NO4. The molecule has 0 aliphatic carbocycles. The van der Waals surface area contributed by atoms with Gasteiger partial charge in [0.25, 0.3) is 5.91 Å². The summed E-state index contributed by atoms with van der Waals surface area (Å²) in [5.74, 6) is -1.24. The second kappa shape index (κ2) is 5.56. The molecule has 1 N–H and O–H groups in total. The van der Waals surface area contributed by atoms with Gasteiger partial charge in [0.2, 0.25) is 0 Å². The number of carbonyl (C=O) groups excluding carboxylic acids is 1. The van der Waals surface area contributed by atoms with Crippen LogP contribution in [0.5, 0.6) is 0 Å². The highest BCUT2D eigenvalue weighted by molar-refractivity contribution is 5.97. The van der Waals surface area contributed by atoms with Crippen molar-refractivity contribution in [1.82, 2.24) is 4.90 Å². The number of hydrogen-bond donors (Lipinski definition) is 1. The number of nitrogens with zero attached hydrogens (tertiary/aromatic N) is 1. The first-order chi connectivity index (χ1) is 9.11. The molecule has 0 unspecified atom stereocenters. The molecule has 2 aromatic rings.